The molecule has 0 aromatic heterocycles. The highest BCUT2D eigenvalue weighted by atomic mass is 16.4. The third kappa shape index (κ3) is 3.57. The van der Waals surface area contributed by atoms with Crippen molar-refractivity contribution in [1.29, 1.82) is 0 Å². The standard InChI is InChI=1S/C15H21NO2/c1-12-10-16(8-7-14(12)9-15(17)18)11-13-5-3-2-4-6-13/h2-6,12,14H,7-11H2,1H3,(H,17,18). The van der Waals surface area contributed by atoms with Crippen LogP contribution < -0.4 is 0 Å². The fraction of sp³-hybridized carbons (Fsp3) is 0.533. The van der Waals surface area contributed by atoms with Crippen LogP contribution in [0.25, 0.3) is 0 Å². The van der Waals surface area contributed by atoms with E-state index in [9.17, 15) is 4.79 Å². The maximum atomic E-state index is 10.8. The van der Waals surface area contributed by atoms with Crippen LogP contribution in [0.3, 0.4) is 0 Å². The number of rotatable bonds is 4. The summed E-state index contributed by atoms with van der Waals surface area (Å²) in [5.41, 5.74) is 1.33. The highest BCUT2D eigenvalue weighted by Gasteiger charge is 2.27. The number of hydrogen-bond acceptors (Lipinski definition) is 2. The van der Waals surface area contributed by atoms with Gasteiger partial charge < -0.3 is 5.11 Å². The van der Waals surface area contributed by atoms with Crippen molar-refractivity contribution in [2.45, 2.75) is 26.3 Å². The smallest absolute Gasteiger partial charge is 0.303 e. The van der Waals surface area contributed by atoms with E-state index in [4.69, 9.17) is 5.11 Å². The maximum Gasteiger partial charge on any atom is 0.303 e. The summed E-state index contributed by atoms with van der Waals surface area (Å²) in [6.07, 6.45) is 1.32. The van der Waals surface area contributed by atoms with Gasteiger partial charge in [-0.2, -0.15) is 0 Å². The van der Waals surface area contributed by atoms with Crippen molar-refractivity contribution in [1.82, 2.24) is 4.90 Å². The SMILES string of the molecule is CC1CN(Cc2ccccc2)CCC1CC(=O)O. The number of nitrogens with zero attached hydrogens (tertiary/aromatic N) is 1. The molecule has 1 saturated heterocycles. The number of benzene rings is 1. The normalized spacial score (nSPS) is 24.9. The van der Waals surface area contributed by atoms with Gasteiger partial charge in [-0.05, 0) is 30.4 Å². The Bertz CT molecular complexity index is 391. The zero-order valence-electron chi connectivity index (χ0n) is 10.9. The van der Waals surface area contributed by atoms with Crippen molar-refractivity contribution in [3.8, 4) is 0 Å². The van der Waals surface area contributed by atoms with Gasteiger partial charge in [-0.3, -0.25) is 9.69 Å². The molecule has 1 aliphatic rings. The van der Waals surface area contributed by atoms with Crippen LogP contribution in [0, 0.1) is 11.8 Å². The number of carbonyl (C=O) groups is 1. The predicted molar refractivity (Wildman–Crippen MR) is 71.2 cm³/mol. The third-order valence-corrected chi connectivity index (χ3v) is 3.85. The molecule has 2 atom stereocenters. The summed E-state index contributed by atoms with van der Waals surface area (Å²) in [5.74, 6) is 0.149. The summed E-state index contributed by atoms with van der Waals surface area (Å²) in [5, 5.41) is 8.87. The van der Waals surface area contributed by atoms with Crippen molar-refractivity contribution in [2.75, 3.05) is 13.1 Å². The van der Waals surface area contributed by atoms with Gasteiger partial charge in [-0.1, -0.05) is 37.3 Å². The lowest BCUT2D eigenvalue weighted by molar-refractivity contribution is -0.139. The van der Waals surface area contributed by atoms with Crippen molar-refractivity contribution in [3.63, 3.8) is 0 Å². The van der Waals surface area contributed by atoms with E-state index in [1.807, 2.05) is 6.07 Å². The first-order valence-electron chi connectivity index (χ1n) is 6.63. The number of aliphatic carboxylic acids is 1. The Morgan fingerprint density at radius 2 is 2.11 bits per heavy atom. The molecule has 0 radical (unpaired) electrons. The number of carboxylic acids is 1. The van der Waals surface area contributed by atoms with Gasteiger partial charge in [-0.15, -0.1) is 0 Å². The molecular formula is C15H21NO2. The second kappa shape index (κ2) is 6.01. The number of piperidine rings is 1. The Kier molecular flexibility index (Phi) is 4.37. The van der Waals surface area contributed by atoms with Crippen molar-refractivity contribution in [2.24, 2.45) is 11.8 Å². The van der Waals surface area contributed by atoms with Crippen molar-refractivity contribution >= 4 is 5.97 Å². The Morgan fingerprint density at radius 3 is 2.72 bits per heavy atom. The molecule has 0 amide bonds. The van der Waals surface area contributed by atoms with Crippen LogP contribution in [-0.4, -0.2) is 29.1 Å². The average Bonchev–Trinajstić information content (AvgIpc) is 2.33. The van der Waals surface area contributed by atoms with Crippen LogP contribution in [0.5, 0.6) is 0 Å². The van der Waals surface area contributed by atoms with E-state index >= 15 is 0 Å². The van der Waals surface area contributed by atoms with E-state index in [2.05, 4.69) is 36.1 Å². The van der Waals surface area contributed by atoms with Crippen LogP contribution in [0.1, 0.15) is 25.3 Å². The zero-order chi connectivity index (χ0) is 13.0. The fourth-order valence-electron chi connectivity index (χ4n) is 2.79. The highest BCUT2D eigenvalue weighted by Crippen LogP contribution is 2.27. The van der Waals surface area contributed by atoms with E-state index < -0.39 is 5.97 Å². The molecule has 3 heteroatoms. The summed E-state index contributed by atoms with van der Waals surface area (Å²) in [6, 6.07) is 10.5. The van der Waals surface area contributed by atoms with Gasteiger partial charge in [0.15, 0.2) is 0 Å². The first kappa shape index (κ1) is 13.1. The van der Waals surface area contributed by atoms with E-state index in [0.717, 1.165) is 26.1 Å². The molecule has 0 bridgehead atoms. The maximum absolute atomic E-state index is 10.8. The molecule has 2 rings (SSSR count). The topological polar surface area (TPSA) is 40.5 Å². The van der Waals surface area contributed by atoms with Gasteiger partial charge in [-0.25, -0.2) is 0 Å². The largest absolute Gasteiger partial charge is 0.481 e. The minimum absolute atomic E-state index is 0.320. The van der Waals surface area contributed by atoms with Crippen molar-refractivity contribution in [3.05, 3.63) is 35.9 Å². The van der Waals surface area contributed by atoms with Crippen molar-refractivity contribution < 1.29 is 9.90 Å². The van der Waals surface area contributed by atoms with Gasteiger partial charge in [0.05, 0.1) is 0 Å². The molecule has 1 aromatic rings. The Balaban J connectivity index is 1.86. The van der Waals surface area contributed by atoms with Crippen LogP contribution in [-0.2, 0) is 11.3 Å². The van der Waals surface area contributed by atoms with Gasteiger partial charge >= 0.3 is 5.97 Å². The molecule has 1 aliphatic heterocycles. The molecule has 98 valence electrons. The molecule has 0 saturated carbocycles. The van der Waals surface area contributed by atoms with E-state index in [0.29, 0.717) is 18.3 Å². The molecule has 0 aliphatic carbocycles. The lowest BCUT2D eigenvalue weighted by Gasteiger charge is -2.36. The Hall–Kier alpha value is -1.35. The van der Waals surface area contributed by atoms with Crippen LogP contribution in [0.2, 0.25) is 0 Å². The summed E-state index contributed by atoms with van der Waals surface area (Å²) in [4.78, 5) is 13.2. The quantitative estimate of drug-likeness (QED) is 0.889. The molecule has 18 heavy (non-hydrogen) atoms. The number of likely N-dealkylation sites (tertiary alicyclic amines) is 1. The first-order chi connectivity index (χ1) is 8.65. The molecule has 1 fully saturated rings. The fourth-order valence-corrected chi connectivity index (χ4v) is 2.79. The number of hydrogen-bond donors (Lipinski definition) is 1. The average molecular weight is 247 g/mol. The lowest BCUT2D eigenvalue weighted by Crippen LogP contribution is -2.39. The lowest BCUT2D eigenvalue weighted by atomic mass is 9.84. The van der Waals surface area contributed by atoms with Gasteiger partial charge in [0, 0.05) is 19.5 Å². The predicted octanol–water partition coefficient (Wildman–Crippen LogP) is 2.62. The first-order valence-corrected chi connectivity index (χ1v) is 6.63. The van der Waals surface area contributed by atoms with E-state index in [1.165, 1.54) is 5.56 Å². The van der Waals surface area contributed by atoms with Gasteiger partial charge in [0.2, 0.25) is 0 Å². The van der Waals surface area contributed by atoms with Gasteiger partial charge in [0.25, 0.3) is 0 Å². The summed E-state index contributed by atoms with van der Waals surface area (Å²) in [7, 11) is 0. The monoisotopic (exact) mass is 247 g/mol. The summed E-state index contributed by atoms with van der Waals surface area (Å²) < 4.78 is 0. The summed E-state index contributed by atoms with van der Waals surface area (Å²) >= 11 is 0. The Labute approximate surface area is 108 Å². The minimum Gasteiger partial charge on any atom is -0.481 e. The van der Waals surface area contributed by atoms with Crippen LogP contribution >= 0.6 is 0 Å². The highest BCUT2D eigenvalue weighted by molar-refractivity contribution is 5.67. The molecular weight excluding hydrogens is 226 g/mol. The van der Waals surface area contributed by atoms with Gasteiger partial charge in [0.1, 0.15) is 0 Å². The second-order valence-electron chi connectivity index (χ2n) is 5.34. The molecule has 3 nitrogen and oxygen atoms in total. The summed E-state index contributed by atoms with van der Waals surface area (Å²) in [6.45, 7) is 5.17. The second-order valence-corrected chi connectivity index (χ2v) is 5.34. The third-order valence-electron chi connectivity index (χ3n) is 3.85. The van der Waals surface area contributed by atoms with E-state index in [-0.39, 0.29) is 0 Å². The zero-order valence-corrected chi connectivity index (χ0v) is 10.9. The minimum atomic E-state index is -0.664. The molecule has 1 N–H and O–H groups in total. The molecule has 1 heterocycles. The van der Waals surface area contributed by atoms with E-state index in [1.54, 1.807) is 0 Å². The van der Waals surface area contributed by atoms with Crippen LogP contribution in [0.4, 0.5) is 0 Å². The van der Waals surface area contributed by atoms with Crippen LogP contribution in [0.15, 0.2) is 30.3 Å². The molecule has 0 spiro atoms. The molecule has 1 aromatic carbocycles. The molecule has 2 unspecified atom stereocenters. The number of carboxylic acid groups (broad SMARTS) is 1. The Morgan fingerprint density at radius 1 is 1.39 bits per heavy atom.